The topological polar surface area (TPSA) is 26.0 Å². The van der Waals surface area contributed by atoms with Gasteiger partial charge >= 0.3 is 0 Å². The fraction of sp³-hybridized carbons (Fsp3) is 0.760. The van der Waals surface area contributed by atoms with Gasteiger partial charge in [-0.25, -0.2) is 0 Å². The molecule has 0 spiro atoms. The van der Waals surface area contributed by atoms with Crippen LogP contribution in [-0.4, -0.2) is 25.1 Å². The van der Waals surface area contributed by atoms with Gasteiger partial charge in [0.2, 0.25) is 0 Å². The number of nitrogen functional groups attached to an aromatic ring is 1. The fourth-order valence-corrected chi connectivity index (χ4v) is 3.95. The number of anilines is 1. The second-order valence-electron chi connectivity index (χ2n) is 9.11. The molecule has 1 aromatic carbocycles. The molecule has 0 aliphatic rings. The molecule has 0 aliphatic heterocycles. The lowest BCUT2D eigenvalue weighted by Crippen LogP contribution is -2.39. The van der Waals surface area contributed by atoms with Gasteiger partial charge < -0.3 is 10.2 Å². The third-order valence-electron chi connectivity index (χ3n) is 5.77. The molecule has 27 heavy (non-hydrogen) atoms. The SMILES string of the molecule is CCCCCCCCCCCCCCCC[N+](C)(C)Cc1ccccc1N. The molecule has 0 fully saturated rings. The highest BCUT2D eigenvalue weighted by molar-refractivity contribution is 5.45. The standard InChI is InChI=1S/C25H47N2/c1-4-5-6-7-8-9-10-11-12-13-14-15-16-19-22-27(2,3)23-24-20-17-18-21-25(24)26/h17-18,20-21H,4-16,19,22-23,26H2,1-3H3/q+1. The molecule has 0 bridgehead atoms. The Morgan fingerprint density at radius 1 is 0.667 bits per heavy atom. The first kappa shape index (κ1) is 24.0. The lowest BCUT2D eigenvalue weighted by atomic mass is 10.0. The van der Waals surface area contributed by atoms with E-state index in [1.54, 1.807) is 0 Å². The van der Waals surface area contributed by atoms with Crippen LogP contribution in [0.4, 0.5) is 5.69 Å². The van der Waals surface area contributed by atoms with E-state index in [1.807, 2.05) is 12.1 Å². The van der Waals surface area contributed by atoms with E-state index < -0.39 is 0 Å². The highest BCUT2D eigenvalue weighted by Crippen LogP contribution is 2.18. The zero-order chi connectivity index (χ0) is 19.8. The summed E-state index contributed by atoms with van der Waals surface area (Å²) < 4.78 is 1.03. The molecule has 2 N–H and O–H groups in total. The predicted octanol–water partition coefficient (Wildman–Crippen LogP) is 7.33. The van der Waals surface area contributed by atoms with Gasteiger partial charge in [-0.2, -0.15) is 0 Å². The van der Waals surface area contributed by atoms with Gasteiger partial charge in [-0.1, -0.05) is 102 Å². The summed E-state index contributed by atoms with van der Waals surface area (Å²) in [6.45, 7) is 4.57. The Hall–Kier alpha value is -1.02. The second-order valence-corrected chi connectivity index (χ2v) is 9.11. The Bertz CT molecular complexity index is 467. The van der Waals surface area contributed by atoms with Gasteiger partial charge in [0, 0.05) is 11.3 Å². The van der Waals surface area contributed by atoms with Crippen molar-refractivity contribution in [3.05, 3.63) is 29.8 Å². The second kappa shape index (κ2) is 15.0. The van der Waals surface area contributed by atoms with Crippen LogP contribution in [0.5, 0.6) is 0 Å². The molecule has 1 rings (SSSR count). The van der Waals surface area contributed by atoms with Crippen molar-refractivity contribution < 1.29 is 4.48 Å². The maximum atomic E-state index is 6.10. The monoisotopic (exact) mass is 375 g/mol. The van der Waals surface area contributed by atoms with E-state index in [9.17, 15) is 0 Å². The number of benzene rings is 1. The third kappa shape index (κ3) is 12.9. The lowest BCUT2D eigenvalue weighted by Gasteiger charge is -2.30. The van der Waals surface area contributed by atoms with E-state index in [0.29, 0.717) is 0 Å². The summed E-state index contributed by atoms with van der Waals surface area (Å²) in [6, 6.07) is 8.30. The zero-order valence-electron chi connectivity index (χ0n) is 18.6. The van der Waals surface area contributed by atoms with Gasteiger partial charge in [0.05, 0.1) is 20.6 Å². The van der Waals surface area contributed by atoms with Crippen molar-refractivity contribution in [2.75, 3.05) is 26.4 Å². The van der Waals surface area contributed by atoms with Crippen LogP contribution >= 0.6 is 0 Å². The van der Waals surface area contributed by atoms with Crippen LogP contribution in [-0.2, 0) is 6.54 Å². The molecule has 0 saturated heterocycles. The molecule has 0 unspecified atom stereocenters. The van der Waals surface area contributed by atoms with Gasteiger partial charge in [0.15, 0.2) is 0 Å². The van der Waals surface area contributed by atoms with Gasteiger partial charge in [-0.3, -0.25) is 0 Å². The van der Waals surface area contributed by atoms with E-state index in [4.69, 9.17) is 5.73 Å². The van der Waals surface area contributed by atoms with Crippen LogP contribution in [0.25, 0.3) is 0 Å². The fourth-order valence-electron chi connectivity index (χ4n) is 3.95. The van der Waals surface area contributed by atoms with Crippen molar-refractivity contribution in [3.63, 3.8) is 0 Å². The number of rotatable bonds is 17. The Kier molecular flexibility index (Phi) is 13.3. The normalized spacial score (nSPS) is 11.8. The molecule has 1 aromatic rings. The molecule has 0 aliphatic carbocycles. The zero-order valence-corrected chi connectivity index (χ0v) is 18.6. The summed E-state index contributed by atoms with van der Waals surface area (Å²) >= 11 is 0. The van der Waals surface area contributed by atoms with Crippen molar-refractivity contribution in [1.82, 2.24) is 0 Å². The van der Waals surface area contributed by atoms with E-state index in [0.717, 1.165) is 16.7 Å². The van der Waals surface area contributed by atoms with Crippen molar-refractivity contribution in [1.29, 1.82) is 0 Å². The largest absolute Gasteiger partial charge is 0.398 e. The molecule has 0 amide bonds. The minimum Gasteiger partial charge on any atom is -0.398 e. The van der Waals surface area contributed by atoms with E-state index in [1.165, 1.54) is 102 Å². The van der Waals surface area contributed by atoms with Crippen molar-refractivity contribution in [2.24, 2.45) is 0 Å². The van der Waals surface area contributed by atoms with E-state index in [2.05, 4.69) is 33.2 Å². The third-order valence-corrected chi connectivity index (χ3v) is 5.77. The lowest BCUT2D eigenvalue weighted by molar-refractivity contribution is -0.903. The summed E-state index contributed by atoms with van der Waals surface area (Å²) in [4.78, 5) is 0. The molecule has 0 aromatic heterocycles. The van der Waals surface area contributed by atoms with Crippen LogP contribution < -0.4 is 5.73 Å². The van der Waals surface area contributed by atoms with Crippen LogP contribution in [0.15, 0.2) is 24.3 Å². The van der Waals surface area contributed by atoms with Gasteiger partial charge in [-0.05, 0) is 18.9 Å². The number of para-hydroxylation sites is 1. The molecule has 2 heteroatoms. The molecule has 2 nitrogen and oxygen atoms in total. The summed E-state index contributed by atoms with van der Waals surface area (Å²) in [5, 5.41) is 0. The number of hydrogen-bond donors (Lipinski definition) is 1. The average molecular weight is 376 g/mol. The Morgan fingerprint density at radius 3 is 1.59 bits per heavy atom. The first-order valence-electron chi connectivity index (χ1n) is 11.7. The highest BCUT2D eigenvalue weighted by atomic mass is 15.3. The summed E-state index contributed by atoms with van der Waals surface area (Å²) in [5.74, 6) is 0. The van der Waals surface area contributed by atoms with Gasteiger partial charge in [0.25, 0.3) is 0 Å². The van der Waals surface area contributed by atoms with Crippen molar-refractivity contribution in [3.8, 4) is 0 Å². The van der Waals surface area contributed by atoms with Crippen LogP contribution in [0, 0.1) is 0 Å². The minimum atomic E-state index is 0.935. The Morgan fingerprint density at radius 2 is 1.11 bits per heavy atom. The van der Waals surface area contributed by atoms with E-state index in [-0.39, 0.29) is 0 Å². The maximum Gasteiger partial charge on any atom is 0.106 e. The van der Waals surface area contributed by atoms with Crippen LogP contribution in [0.3, 0.4) is 0 Å². The predicted molar refractivity (Wildman–Crippen MR) is 122 cm³/mol. The molecular formula is C25H47N2+. The summed E-state index contributed by atoms with van der Waals surface area (Å²) in [5.41, 5.74) is 8.32. The average Bonchev–Trinajstić information content (AvgIpc) is 2.64. The van der Waals surface area contributed by atoms with Crippen LogP contribution in [0.2, 0.25) is 0 Å². The Labute approximate surface area is 170 Å². The van der Waals surface area contributed by atoms with Crippen LogP contribution in [0.1, 0.15) is 102 Å². The molecule has 0 atom stereocenters. The number of unbranched alkanes of at least 4 members (excludes halogenated alkanes) is 13. The first-order chi connectivity index (χ1) is 13.0. The number of nitrogens with zero attached hydrogens (tertiary/aromatic N) is 1. The molecule has 156 valence electrons. The summed E-state index contributed by atoms with van der Waals surface area (Å²) in [6.07, 6.45) is 20.0. The molecule has 0 saturated carbocycles. The number of nitrogens with two attached hydrogens (primary N) is 1. The van der Waals surface area contributed by atoms with Crippen molar-refractivity contribution >= 4 is 5.69 Å². The number of quaternary nitrogens is 1. The quantitative estimate of drug-likeness (QED) is 0.172. The highest BCUT2D eigenvalue weighted by Gasteiger charge is 2.16. The van der Waals surface area contributed by atoms with Crippen molar-refractivity contribution in [2.45, 2.75) is 103 Å². The molecular weight excluding hydrogens is 328 g/mol. The number of hydrogen-bond acceptors (Lipinski definition) is 1. The maximum absolute atomic E-state index is 6.10. The molecule has 0 radical (unpaired) electrons. The smallest absolute Gasteiger partial charge is 0.106 e. The summed E-state index contributed by atoms with van der Waals surface area (Å²) in [7, 11) is 4.66. The van der Waals surface area contributed by atoms with E-state index >= 15 is 0 Å². The first-order valence-corrected chi connectivity index (χ1v) is 11.7. The Balaban J connectivity index is 1.93. The van der Waals surface area contributed by atoms with Gasteiger partial charge in [0.1, 0.15) is 6.54 Å². The van der Waals surface area contributed by atoms with Gasteiger partial charge in [-0.15, -0.1) is 0 Å². The minimum absolute atomic E-state index is 0.935. The molecule has 0 heterocycles.